The molecule has 420 valence electrons. The number of likely N-dealkylation sites (N-methyl/N-ethyl adjacent to an activating group) is 2. The molecule has 0 unspecified atom stereocenters. The number of hydrogen-bond acceptors (Lipinski definition) is 10. The summed E-state index contributed by atoms with van der Waals surface area (Å²) in [5.41, 5.74) is 3.64. The van der Waals surface area contributed by atoms with Gasteiger partial charge in [-0.15, -0.1) is 0 Å². The summed E-state index contributed by atoms with van der Waals surface area (Å²) in [6.45, 7) is 5.90. The van der Waals surface area contributed by atoms with E-state index in [-0.39, 0.29) is 58.7 Å². The highest BCUT2D eigenvalue weighted by molar-refractivity contribution is 5.98. The zero-order valence-corrected chi connectivity index (χ0v) is 46.1. The molecule has 2 aromatic heterocycles. The van der Waals surface area contributed by atoms with Gasteiger partial charge in [-0.25, -0.2) is 8.78 Å². The normalized spacial score (nSPS) is 21.9. The minimum atomic E-state index is -0.658. The van der Waals surface area contributed by atoms with Crippen molar-refractivity contribution in [2.24, 2.45) is 17.3 Å². The fraction of sp³-hybridized carbons (Fsp3) is 0.541. The van der Waals surface area contributed by atoms with Crippen LogP contribution in [0.5, 0.6) is 0 Å². The van der Waals surface area contributed by atoms with Crippen molar-refractivity contribution in [3.05, 3.63) is 107 Å². The Bertz CT molecular complexity index is 2740. The van der Waals surface area contributed by atoms with Crippen molar-refractivity contribution in [3.8, 4) is 22.3 Å². The molecule has 79 heavy (non-hydrogen) atoms. The van der Waals surface area contributed by atoms with Gasteiger partial charge in [-0.05, 0) is 150 Å². The molecule has 0 radical (unpaired) electrons. The minimum absolute atomic E-state index is 0.0570. The van der Waals surface area contributed by atoms with E-state index in [1.165, 1.54) is 12.1 Å². The maximum Gasteiger partial charge on any atom is 0.256 e. The largest absolute Gasteiger partial charge is 0.343 e. The molecular weight excluding hydrogens is 1010 g/mol. The van der Waals surface area contributed by atoms with Gasteiger partial charge in [0.05, 0.1) is 35.3 Å². The summed E-state index contributed by atoms with van der Waals surface area (Å²) in [7, 11) is 3.45. The second kappa shape index (κ2) is 24.0. The van der Waals surface area contributed by atoms with Crippen molar-refractivity contribution in [1.29, 1.82) is 0 Å². The number of amides is 6. The average Bonchev–Trinajstić information content (AvgIpc) is 4.22. The molecule has 0 bridgehead atoms. The van der Waals surface area contributed by atoms with E-state index in [0.29, 0.717) is 61.5 Å². The number of pyridine rings is 2. The molecule has 4 N–H and O–H groups in total. The van der Waals surface area contributed by atoms with Crippen LogP contribution in [0.2, 0.25) is 0 Å². The smallest absolute Gasteiger partial charge is 0.256 e. The molecule has 16 nitrogen and oxygen atoms in total. The van der Waals surface area contributed by atoms with Crippen molar-refractivity contribution in [3.63, 3.8) is 0 Å². The number of nitrogens with zero attached hydrogens (tertiary/aromatic N) is 6. The maximum absolute atomic E-state index is 15.6. The van der Waals surface area contributed by atoms with Gasteiger partial charge in [0.25, 0.3) is 11.8 Å². The third-order valence-corrected chi connectivity index (χ3v) is 18.1. The Kier molecular flexibility index (Phi) is 16.9. The molecule has 2 aliphatic carbocycles. The molecule has 2 aromatic carbocycles. The van der Waals surface area contributed by atoms with Crippen LogP contribution in [0.15, 0.2) is 73.3 Å². The summed E-state index contributed by atoms with van der Waals surface area (Å²) in [5.74, 6) is -2.71. The molecule has 4 aromatic rings. The number of benzene rings is 2. The lowest BCUT2D eigenvalue weighted by Gasteiger charge is -2.60. The lowest BCUT2D eigenvalue weighted by Crippen LogP contribution is -2.73. The highest BCUT2D eigenvalue weighted by Gasteiger charge is 2.55. The molecule has 6 amide bonds. The molecular formula is C61H76F2N10O6. The first-order valence-electron chi connectivity index (χ1n) is 28.8. The summed E-state index contributed by atoms with van der Waals surface area (Å²) in [6, 6.07) is 10.1. The summed E-state index contributed by atoms with van der Waals surface area (Å²) < 4.78 is 31.2. The zero-order chi connectivity index (χ0) is 55.5. The fourth-order valence-electron chi connectivity index (χ4n) is 13.3. The van der Waals surface area contributed by atoms with E-state index in [0.717, 1.165) is 101 Å². The van der Waals surface area contributed by atoms with Crippen molar-refractivity contribution < 1.29 is 37.5 Å². The molecule has 4 saturated heterocycles. The summed E-state index contributed by atoms with van der Waals surface area (Å²) in [4.78, 5) is 99.1. The topological polar surface area (TPSA) is 189 Å². The van der Waals surface area contributed by atoms with Crippen LogP contribution in [-0.2, 0) is 19.2 Å². The van der Waals surface area contributed by atoms with Crippen LogP contribution in [0.4, 0.5) is 8.78 Å². The van der Waals surface area contributed by atoms with Gasteiger partial charge in [-0.1, -0.05) is 50.7 Å². The van der Waals surface area contributed by atoms with Crippen molar-refractivity contribution in [2.75, 3.05) is 53.4 Å². The lowest BCUT2D eigenvalue weighted by molar-refractivity contribution is -0.139. The Morgan fingerprint density at radius 1 is 0.519 bits per heavy atom. The monoisotopic (exact) mass is 1080 g/mol. The molecule has 10 rings (SSSR count). The molecule has 2 saturated carbocycles. The SMILES string of the molecule is CN[C@@H](C)C(=O)N[C@H](C(=O)N1CCC[C@H]1c1cncc(-c2ccc(F)c(C(=O)N3CC4(C3)CN(C(=O)c3cc(-c5cncc([C@@H]6CCCN6C(=O)[C@@H](NC(=O)[C@H](C)NC)C6CCCCC6)c5)ccc3F)C4)c2)c1)C1CCCCC1. The van der Waals surface area contributed by atoms with Crippen LogP contribution in [0, 0.1) is 28.9 Å². The molecule has 6 atom stereocenters. The molecule has 1 spiro atoms. The van der Waals surface area contributed by atoms with Gasteiger partial charge >= 0.3 is 0 Å². The van der Waals surface area contributed by atoms with E-state index in [2.05, 4.69) is 31.2 Å². The number of carbonyl (C=O) groups is 6. The zero-order valence-electron chi connectivity index (χ0n) is 46.1. The standard InChI is InChI=1S/C61H76F2N10O6/c1-37(64-3)55(74)68-53(39-13-7-5-8-14-39)59(78)72-23-11-17-51(72)45-25-43(29-66-31-45)41-19-21-49(62)47(27-41)57(76)70-33-61(34-70)35-71(36-61)58(77)48-28-42(20-22-50(48)63)44-26-46(32-67-30-44)52-18-12-24-73(52)60(79)54(40-15-9-6-10-16-40)69-56(75)38(2)65-4/h19-22,25-32,37-40,51-54,64-65H,5-18,23-24,33-36H2,1-4H3,(H,68,74)(H,69,75)/t37-,38-,51-,52-,53-,54-/m0/s1. The van der Waals surface area contributed by atoms with Crippen LogP contribution in [-0.4, -0.2) is 143 Å². The first-order valence-corrected chi connectivity index (χ1v) is 28.8. The van der Waals surface area contributed by atoms with Gasteiger partial charge in [-0.2, -0.15) is 0 Å². The maximum atomic E-state index is 15.6. The first kappa shape index (κ1) is 55.6. The van der Waals surface area contributed by atoms with Gasteiger partial charge < -0.3 is 40.9 Å². The van der Waals surface area contributed by atoms with Crippen LogP contribution >= 0.6 is 0 Å². The second-order valence-corrected chi connectivity index (χ2v) is 23.4. The summed E-state index contributed by atoms with van der Waals surface area (Å²) in [6.07, 6.45) is 19.7. The predicted molar refractivity (Wildman–Crippen MR) is 295 cm³/mol. The van der Waals surface area contributed by atoms with Gasteiger partial charge in [0, 0.05) is 80.6 Å². The molecule has 6 heterocycles. The molecule has 18 heteroatoms. The van der Waals surface area contributed by atoms with Crippen LogP contribution in [0.25, 0.3) is 22.3 Å². The highest BCUT2D eigenvalue weighted by Crippen LogP contribution is 2.43. The Hall–Kier alpha value is -6.66. The quantitative estimate of drug-likeness (QED) is 0.0883. The molecule has 4 aliphatic heterocycles. The Balaban J connectivity index is 0.773. The number of halogens is 2. The van der Waals surface area contributed by atoms with E-state index >= 15 is 8.78 Å². The molecule has 6 fully saturated rings. The molecule has 6 aliphatic rings. The highest BCUT2D eigenvalue weighted by atomic mass is 19.1. The number of nitrogens with one attached hydrogen (secondary N) is 4. The van der Waals surface area contributed by atoms with Crippen molar-refractivity contribution in [2.45, 2.75) is 140 Å². The third-order valence-electron chi connectivity index (χ3n) is 18.1. The number of rotatable bonds is 16. The van der Waals surface area contributed by atoms with Gasteiger partial charge in [0.15, 0.2) is 0 Å². The van der Waals surface area contributed by atoms with E-state index in [9.17, 15) is 28.8 Å². The van der Waals surface area contributed by atoms with Crippen LogP contribution in [0.1, 0.15) is 148 Å². The Labute approximate surface area is 462 Å². The van der Waals surface area contributed by atoms with Crippen molar-refractivity contribution in [1.82, 2.24) is 50.8 Å². The summed E-state index contributed by atoms with van der Waals surface area (Å²) in [5, 5.41) is 12.2. The number of carbonyl (C=O) groups excluding carboxylic acids is 6. The Morgan fingerprint density at radius 2 is 0.911 bits per heavy atom. The van der Waals surface area contributed by atoms with Crippen LogP contribution < -0.4 is 21.3 Å². The third kappa shape index (κ3) is 11.7. The number of likely N-dealkylation sites (tertiary alicyclic amines) is 4. The van der Waals surface area contributed by atoms with Gasteiger partial charge in [-0.3, -0.25) is 38.7 Å². The van der Waals surface area contributed by atoms with Gasteiger partial charge in [0.2, 0.25) is 23.6 Å². The van der Waals surface area contributed by atoms with E-state index in [4.69, 9.17) is 0 Å². The van der Waals surface area contributed by atoms with E-state index in [1.807, 2.05) is 21.9 Å². The number of aromatic nitrogens is 2. The van der Waals surface area contributed by atoms with E-state index < -0.39 is 53.0 Å². The first-order chi connectivity index (χ1) is 38.1. The average molecular weight is 1080 g/mol. The predicted octanol–water partition coefficient (Wildman–Crippen LogP) is 7.36. The van der Waals surface area contributed by atoms with Crippen LogP contribution in [0.3, 0.4) is 0 Å². The fourth-order valence-corrected chi connectivity index (χ4v) is 13.3. The minimum Gasteiger partial charge on any atom is -0.343 e. The summed E-state index contributed by atoms with van der Waals surface area (Å²) >= 11 is 0. The van der Waals surface area contributed by atoms with Gasteiger partial charge in [0.1, 0.15) is 23.7 Å². The Morgan fingerprint density at radius 3 is 1.29 bits per heavy atom. The lowest BCUT2D eigenvalue weighted by atomic mass is 9.72. The van der Waals surface area contributed by atoms with Crippen molar-refractivity contribution >= 4 is 35.4 Å². The van der Waals surface area contributed by atoms with E-state index in [1.54, 1.807) is 86.8 Å². The second-order valence-electron chi connectivity index (χ2n) is 23.4. The number of hydrogen-bond donors (Lipinski definition) is 4.